The molecule has 10 heteroatoms. The number of aromatic nitrogens is 2. The molecule has 2 unspecified atom stereocenters. The molecule has 0 aliphatic carbocycles. The second-order valence-electron chi connectivity index (χ2n) is 8.90. The molecule has 3 aliphatic heterocycles. The van der Waals surface area contributed by atoms with E-state index in [-0.39, 0.29) is 43.2 Å². The molecule has 2 aromatic rings. The summed E-state index contributed by atoms with van der Waals surface area (Å²) in [4.78, 5) is 20.7. The third-order valence-corrected chi connectivity index (χ3v) is 6.80. The van der Waals surface area contributed by atoms with Gasteiger partial charge in [-0.05, 0) is 24.8 Å². The molecule has 2 saturated heterocycles. The van der Waals surface area contributed by atoms with Gasteiger partial charge in [-0.15, -0.1) is 0 Å². The summed E-state index contributed by atoms with van der Waals surface area (Å²) in [5.41, 5.74) is 0.425. The van der Waals surface area contributed by atoms with Crippen LogP contribution < -0.4 is 15.4 Å². The number of hydrogen-bond donors (Lipinski definition) is 0. The molecule has 178 valence electrons. The first-order valence-corrected chi connectivity index (χ1v) is 11.3. The number of rotatable bonds is 5. The first-order valence-electron chi connectivity index (χ1n) is 11.3. The van der Waals surface area contributed by atoms with Crippen molar-refractivity contribution < 1.29 is 22.6 Å². The van der Waals surface area contributed by atoms with Crippen molar-refractivity contribution in [2.75, 3.05) is 36.5 Å². The van der Waals surface area contributed by atoms with E-state index in [1.54, 1.807) is 0 Å². The molecule has 2 fully saturated rings. The maximum absolute atomic E-state index is 14.1. The predicted molar refractivity (Wildman–Crippen MR) is 117 cm³/mol. The Morgan fingerprint density at radius 2 is 1.85 bits per heavy atom. The van der Waals surface area contributed by atoms with Crippen LogP contribution in [0.3, 0.4) is 0 Å². The maximum atomic E-state index is 14.1. The number of methoxy groups -OCH3 is 1. The summed E-state index contributed by atoms with van der Waals surface area (Å²) in [6.45, 7) is 1.06. The average Bonchev–Trinajstić information content (AvgIpc) is 3.14. The highest BCUT2D eigenvalue weighted by Crippen LogP contribution is 2.36. The van der Waals surface area contributed by atoms with E-state index in [1.807, 2.05) is 35.2 Å². The van der Waals surface area contributed by atoms with Crippen LogP contribution in [0.5, 0.6) is 0 Å². The lowest BCUT2D eigenvalue weighted by molar-refractivity contribution is -0.153. The molecule has 0 saturated carbocycles. The number of fused-ring (bicyclic) bond motifs is 3. The van der Waals surface area contributed by atoms with Crippen LogP contribution in [0.15, 0.2) is 41.2 Å². The van der Waals surface area contributed by atoms with Crippen molar-refractivity contribution in [3.63, 3.8) is 0 Å². The molecule has 0 N–H and O–H groups in total. The number of nitrogens with zero attached hydrogens (tertiary/aromatic N) is 4. The van der Waals surface area contributed by atoms with Gasteiger partial charge < -0.3 is 19.3 Å². The van der Waals surface area contributed by atoms with Crippen molar-refractivity contribution in [1.29, 1.82) is 0 Å². The van der Waals surface area contributed by atoms with E-state index in [0.717, 1.165) is 18.4 Å². The van der Waals surface area contributed by atoms with Gasteiger partial charge in [0.15, 0.2) is 0 Å². The van der Waals surface area contributed by atoms with Gasteiger partial charge in [0.2, 0.25) is 5.95 Å². The Hall–Kier alpha value is -2.59. The summed E-state index contributed by atoms with van der Waals surface area (Å²) in [7, 11) is 1.48. The van der Waals surface area contributed by atoms with E-state index in [1.165, 1.54) is 22.6 Å². The van der Waals surface area contributed by atoms with Crippen molar-refractivity contribution in [3.8, 4) is 0 Å². The van der Waals surface area contributed by atoms with Gasteiger partial charge in [0, 0.05) is 32.8 Å². The largest absolute Gasteiger partial charge is 0.408 e. The van der Waals surface area contributed by atoms with Gasteiger partial charge >= 0.3 is 6.18 Å². The molecular formula is C23H27F3N4O3. The number of anilines is 2. The van der Waals surface area contributed by atoms with Crippen LogP contribution in [0.25, 0.3) is 0 Å². The summed E-state index contributed by atoms with van der Waals surface area (Å²) in [6, 6.07) is 8.81. The molecule has 7 nitrogen and oxygen atoms in total. The fourth-order valence-corrected chi connectivity index (χ4v) is 5.13. The smallest absolute Gasteiger partial charge is 0.375 e. The minimum absolute atomic E-state index is 0.0283. The number of benzene rings is 1. The van der Waals surface area contributed by atoms with Crippen LogP contribution in [0.1, 0.15) is 30.9 Å². The molecule has 1 aromatic heterocycles. The van der Waals surface area contributed by atoms with E-state index < -0.39 is 18.3 Å². The summed E-state index contributed by atoms with van der Waals surface area (Å²) >= 11 is 0. The second kappa shape index (κ2) is 8.64. The minimum Gasteiger partial charge on any atom is -0.375 e. The summed E-state index contributed by atoms with van der Waals surface area (Å²) < 4.78 is 55.0. The number of hydrogen-bond acceptors (Lipinski definition) is 6. The molecular weight excluding hydrogens is 437 g/mol. The zero-order valence-corrected chi connectivity index (χ0v) is 18.4. The number of alkyl halides is 3. The number of halogens is 3. The normalized spacial score (nSPS) is 25.8. The molecule has 0 spiro atoms. The van der Waals surface area contributed by atoms with E-state index in [9.17, 15) is 18.0 Å². The Kier molecular flexibility index (Phi) is 5.82. The van der Waals surface area contributed by atoms with Crippen LogP contribution in [-0.2, 0) is 16.0 Å². The molecule has 0 radical (unpaired) electrons. The van der Waals surface area contributed by atoms with Crippen LogP contribution in [0, 0.1) is 0 Å². The first-order chi connectivity index (χ1) is 15.8. The topological polar surface area (TPSA) is 59.8 Å². The van der Waals surface area contributed by atoms with Gasteiger partial charge in [0.25, 0.3) is 5.56 Å². The van der Waals surface area contributed by atoms with E-state index in [0.29, 0.717) is 18.9 Å². The SMILES string of the molecule is CO[C@H](CN1c2nc(N3CC4CCC(C3)O4)cc(=O)n2CC[C@H]1C(F)(F)F)c1ccccc1. The molecule has 3 aliphatic rings. The van der Waals surface area contributed by atoms with Crippen molar-refractivity contribution in [1.82, 2.24) is 9.55 Å². The van der Waals surface area contributed by atoms with Crippen molar-refractivity contribution in [3.05, 3.63) is 52.3 Å². The molecule has 5 rings (SSSR count). The maximum Gasteiger partial charge on any atom is 0.408 e. The summed E-state index contributed by atoms with van der Waals surface area (Å²) in [5.74, 6) is 0.454. The standard InChI is InChI=1S/C23H27F3N4O3/c1-32-18(15-5-3-2-4-6-15)14-30-19(23(24,25)26)9-10-29-21(31)11-20(27-22(29)30)28-12-16-7-8-17(13-28)33-16/h2-6,11,16-19H,7-10,12-14H2,1H3/t16?,17?,18-,19+/m1/s1. The highest BCUT2D eigenvalue weighted by Gasteiger charge is 2.47. The zero-order valence-electron chi connectivity index (χ0n) is 18.4. The lowest BCUT2D eigenvalue weighted by Gasteiger charge is -2.41. The van der Waals surface area contributed by atoms with Crippen LogP contribution in [0.2, 0.25) is 0 Å². The monoisotopic (exact) mass is 464 g/mol. The Labute approximate surface area is 189 Å². The fraction of sp³-hybridized carbons (Fsp3) is 0.565. The van der Waals surface area contributed by atoms with Gasteiger partial charge in [0.1, 0.15) is 11.9 Å². The van der Waals surface area contributed by atoms with Crippen molar-refractivity contribution in [2.45, 2.75) is 56.3 Å². The summed E-state index contributed by atoms with van der Waals surface area (Å²) in [6.07, 6.45) is -3.27. The van der Waals surface area contributed by atoms with Gasteiger partial charge in [-0.1, -0.05) is 30.3 Å². The fourth-order valence-electron chi connectivity index (χ4n) is 5.13. The Morgan fingerprint density at radius 3 is 2.48 bits per heavy atom. The van der Waals surface area contributed by atoms with E-state index in [2.05, 4.69) is 4.98 Å². The molecule has 2 bridgehead atoms. The van der Waals surface area contributed by atoms with Gasteiger partial charge in [-0.25, -0.2) is 0 Å². The lowest BCUT2D eigenvalue weighted by Crippen LogP contribution is -2.54. The lowest BCUT2D eigenvalue weighted by atomic mass is 10.1. The van der Waals surface area contributed by atoms with Gasteiger partial charge in [-0.2, -0.15) is 18.2 Å². The van der Waals surface area contributed by atoms with Crippen LogP contribution in [0.4, 0.5) is 24.9 Å². The molecule has 33 heavy (non-hydrogen) atoms. The highest BCUT2D eigenvalue weighted by molar-refractivity contribution is 5.47. The van der Waals surface area contributed by atoms with E-state index >= 15 is 0 Å². The minimum atomic E-state index is -4.47. The van der Waals surface area contributed by atoms with Crippen molar-refractivity contribution >= 4 is 11.8 Å². The third kappa shape index (κ3) is 4.33. The quantitative estimate of drug-likeness (QED) is 0.678. The highest BCUT2D eigenvalue weighted by atomic mass is 19.4. The molecule has 1 aromatic carbocycles. The Morgan fingerprint density at radius 1 is 1.15 bits per heavy atom. The molecule has 4 atom stereocenters. The van der Waals surface area contributed by atoms with Crippen LogP contribution in [-0.4, -0.2) is 60.7 Å². The van der Waals surface area contributed by atoms with Gasteiger partial charge in [-0.3, -0.25) is 9.36 Å². The van der Waals surface area contributed by atoms with Crippen LogP contribution >= 0.6 is 0 Å². The molecule has 0 amide bonds. The first kappa shape index (κ1) is 22.2. The zero-order chi connectivity index (χ0) is 23.2. The average molecular weight is 464 g/mol. The second-order valence-corrected chi connectivity index (χ2v) is 8.90. The van der Waals surface area contributed by atoms with Gasteiger partial charge in [0.05, 0.1) is 24.9 Å². The molecule has 4 heterocycles. The predicted octanol–water partition coefficient (Wildman–Crippen LogP) is 3.14. The number of ether oxygens (including phenoxy) is 2. The van der Waals surface area contributed by atoms with E-state index in [4.69, 9.17) is 9.47 Å². The third-order valence-electron chi connectivity index (χ3n) is 6.80. The number of morpholine rings is 1. The Balaban J connectivity index is 1.53. The van der Waals surface area contributed by atoms with Crippen molar-refractivity contribution in [2.24, 2.45) is 0 Å². The Bertz CT molecular complexity index is 1030. The summed E-state index contributed by atoms with van der Waals surface area (Å²) in [5, 5.41) is 0.